The van der Waals surface area contributed by atoms with Crippen molar-refractivity contribution in [3.05, 3.63) is 0 Å². The molecule has 0 aromatic heterocycles. The molecule has 0 saturated heterocycles. The van der Waals surface area contributed by atoms with Crippen LogP contribution in [0.25, 0.3) is 0 Å². The van der Waals surface area contributed by atoms with Crippen LogP contribution in [0.2, 0.25) is 0 Å². The fourth-order valence-electron chi connectivity index (χ4n) is 9.61. The van der Waals surface area contributed by atoms with Crippen LogP contribution in [-0.4, -0.2) is 13.1 Å². The van der Waals surface area contributed by atoms with Crippen LogP contribution in [-0.2, 0) is 0 Å². The quantitative estimate of drug-likeness (QED) is 0.0602. The lowest BCUT2D eigenvalue weighted by Gasteiger charge is -2.06. The van der Waals surface area contributed by atoms with Gasteiger partial charge in [0.05, 0.1) is 0 Å². The Morgan fingerprint density at radius 2 is 0.237 bits per heavy atom. The number of hydrogen-bond donors (Lipinski definition) is 1. The number of hydrogen-bond acceptors (Lipinski definition) is 1. The van der Waals surface area contributed by atoms with Crippen molar-refractivity contribution >= 4 is 0 Å². The van der Waals surface area contributed by atoms with Gasteiger partial charge in [0, 0.05) is 0 Å². The van der Waals surface area contributed by atoms with E-state index >= 15 is 0 Å². The second-order valence-electron chi connectivity index (χ2n) is 20.1. The van der Waals surface area contributed by atoms with Crippen LogP contribution in [0.15, 0.2) is 0 Å². The van der Waals surface area contributed by atoms with Crippen molar-refractivity contribution in [2.75, 3.05) is 13.1 Å². The van der Waals surface area contributed by atoms with Crippen molar-refractivity contribution in [3.63, 3.8) is 0 Å². The molecule has 0 fully saturated rings. The van der Waals surface area contributed by atoms with Crippen molar-refractivity contribution in [3.8, 4) is 0 Å². The van der Waals surface area contributed by atoms with E-state index in [9.17, 15) is 0 Å². The molecule has 0 bridgehead atoms. The molecule has 1 N–H and O–H groups in total. The van der Waals surface area contributed by atoms with E-state index in [0.29, 0.717) is 0 Å². The van der Waals surface area contributed by atoms with Crippen molar-refractivity contribution in [2.45, 2.75) is 361 Å². The van der Waals surface area contributed by atoms with Gasteiger partial charge in [0.25, 0.3) is 0 Å². The lowest BCUT2D eigenvalue weighted by molar-refractivity contribution is 0.509. The molecule has 1 nitrogen and oxygen atoms in total. The average Bonchev–Trinajstić information content (AvgIpc) is 3.25. The summed E-state index contributed by atoms with van der Waals surface area (Å²) >= 11 is 0. The molecule has 0 aromatic rings. The summed E-state index contributed by atoms with van der Waals surface area (Å²) in [6.07, 6.45) is 79.7. The highest BCUT2D eigenvalue weighted by Gasteiger charge is 1.99. The molecule has 0 aromatic carbocycles. The molecule has 0 amide bonds. The van der Waals surface area contributed by atoms with Crippen LogP contribution in [0.5, 0.6) is 0 Å². The Morgan fingerprint density at radius 1 is 0.136 bits per heavy atom. The van der Waals surface area contributed by atoms with E-state index < -0.39 is 0 Å². The summed E-state index contributed by atoms with van der Waals surface area (Å²) in [5.74, 6) is 0. The van der Waals surface area contributed by atoms with Gasteiger partial charge in [-0.25, -0.2) is 0 Å². The van der Waals surface area contributed by atoms with Crippen LogP contribution in [0.4, 0.5) is 0 Å². The average molecular weight is 831 g/mol. The SMILES string of the molecule is CCCCCCCCCCCCCCCCCCCCCCCCCCCCCNCCCCCCCCCCCCCCCCCCCCCCCCCCCCC. The van der Waals surface area contributed by atoms with E-state index in [4.69, 9.17) is 0 Å². The van der Waals surface area contributed by atoms with E-state index in [1.54, 1.807) is 0 Å². The molecule has 0 atom stereocenters. The first kappa shape index (κ1) is 59.0. The van der Waals surface area contributed by atoms with Gasteiger partial charge in [0.1, 0.15) is 0 Å². The predicted molar refractivity (Wildman–Crippen MR) is 274 cm³/mol. The summed E-state index contributed by atoms with van der Waals surface area (Å²) < 4.78 is 0. The zero-order valence-corrected chi connectivity index (χ0v) is 42.1. The molecular weight excluding hydrogens is 711 g/mol. The minimum absolute atomic E-state index is 1.25. The monoisotopic (exact) mass is 830 g/mol. The minimum Gasteiger partial charge on any atom is -0.317 e. The third-order valence-electron chi connectivity index (χ3n) is 13.9. The first-order valence-corrected chi connectivity index (χ1v) is 29.1. The first-order valence-electron chi connectivity index (χ1n) is 29.1. The summed E-state index contributed by atoms with van der Waals surface area (Å²) in [5.41, 5.74) is 0. The van der Waals surface area contributed by atoms with E-state index in [1.165, 1.54) is 360 Å². The minimum atomic E-state index is 1.25. The highest BCUT2D eigenvalue weighted by molar-refractivity contribution is 4.56. The van der Waals surface area contributed by atoms with Crippen LogP contribution in [0, 0.1) is 0 Å². The van der Waals surface area contributed by atoms with Crippen LogP contribution >= 0.6 is 0 Å². The predicted octanol–water partition coefficient (Wildman–Crippen LogP) is 21.7. The zero-order chi connectivity index (χ0) is 42.3. The van der Waals surface area contributed by atoms with Gasteiger partial charge in [-0.3, -0.25) is 0 Å². The standard InChI is InChI=1S/C58H119N/c1-3-5-7-9-11-13-15-17-19-21-23-25-27-29-31-33-35-37-39-41-43-45-47-49-51-53-55-57-59-58-56-54-52-50-48-46-44-42-40-38-36-34-32-30-28-26-24-22-20-18-16-14-12-10-8-6-4-2/h59H,3-58H2,1-2H3. The maximum atomic E-state index is 3.72. The maximum absolute atomic E-state index is 3.72. The van der Waals surface area contributed by atoms with E-state index in [-0.39, 0.29) is 0 Å². The highest BCUT2D eigenvalue weighted by Crippen LogP contribution is 2.18. The molecular formula is C58H119N. The summed E-state index contributed by atoms with van der Waals surface area (Å²) in [6.45, 7) is 7.12. The summed E-state index contributed by atoms with van der Waals surface area (Å²) in [5, 5.41) is 3.72. The van der Waals surface area contributed by atoms with Crippen molar-refractivity contribution < 1.29 is 0 Å². The molecule has 0 aliphatic carbocycles. The van der Waals surface area contributed by atoms with Gasteiger partial charge in [-0.05, 0) is 25.9 Å². The maximum Gasteiger partial charge on any atom is -0.00489 e. The second kappa shape index (κ2) is 58.0. The molecule has 0 unspecified atom stereocenters. The molecule has 0 radical (unpaired) electrons. The van der Waals surface area contributed by atoms with Crippen LogP contribution < -0.4 is 5.32 Å². The van der Waals surface area contributed by atoms with Gasteiger partial charge in [-0.2, -0.15) is 0 Å². The number of nitrogens with one attached hydrogen (secondary N) is 1. The fourth-order valence-corrected chi connectivity index (χ4v) is 9.61. The molecule has 1 heteroatoms. The van der Waals surface area contributed by atoms with Crippen molar-refractivity contribution in [1.29, 1.82) is 0 Å². The van der Waals surface area contributed by atoms with Crippen LogP contribution in [0.1, 0.15) is 361 Å². The van der Waals surface area contributed by atoms with Crippen LogP contribution in [0.3, 0.4) is 0 Å². The smallest absolute Gasteiger partial charge is 0.00489 e. The van der Waals surface area contributed by atoms with Crippen molar-refractivity contribution in [1.82, 2.24) is 5.32 Å². The van der Waals surface area contributed by atoms with Gasteiger partial charge < -0.3 is 5.32 Å². The van der Waals surface area contributed by atoms with Crippen molar-refractivity contribution in [2.24, 2.45) is 0 Å². The first-order chi connectivity index (χ1) is 29.4. The van der Waals surface area contributed by atoms with Gasteiger partial charge in [-0.15, -0.1) is 0 Å². The number of rotatable bonds is 56. The number of unbranched alkanes of at least 4 members (excludes halogenated alkanes) is 52. The third kappa shape index (κ3) is 58.0. The molecule has 59 heavy (non-hydrogen) atoms. The Labute approximate surface area is 377 Å². The second-order valence-corrected chi connectivity index (χ2v) is 20.1. The summed E-state index contributed by atoms with van der Waals surface area (Å²) in [7, 11) is 0. The Hall–Kier alpha value is -0.0400. The molecule has 0 saturated carbocycles. The fraction of sp³-hybridized carbons (Fsp3) is 1.00. The summed E-state index contributed by atoms with van der Waals surface area (Å²) in [4.78, 5) is 0. The summed E-state index contributed by atoms with van der Waals surface area (Å²) in [6, 6.07) is 0. The van der Waals surface area contributed by atoms with Gasteiger partial charge in [-0.1, -0.05) is 348 Å². The van der Waals surface area contributed by atoms with Gasteiger partial charge >= 0.3 is 0 Å². The lowest BCUT2D eigenvalue weighted by Crippen LogP contribution is -2.16. The highest BCUT2D eigenvalue weighted by atomic mass is 14.8. The Balaban J connectivity index is 3.06. The molecule has 0 aliphatic rings. The Bertz CT molecular complexity index is 616. The largest absolute Gasteiger partial charge is 0.317 e. The lowest BCUT2D eigenvalue weighted by atomic mass is 10.0. The van der Waals surface area contributed by atoms with E-state index in [2.05, 4.69) is 19.2 Å². The van der Waals surface area contributed by atoms with Gasteiger partial charge in [0.15, 0.2) is 0 Å². The molecule has 0 rings (SSSR count). The normalized spacial score (nSPS) is 11.7. The third-order valence-corrected chi connectivity index (χ3v) is 13.9. The van der Waals surface area contributed by atoms with Gasteiger partial charge in [0.2, 0.25) is 0 Å². The Morgan fingerprint density at radius 3 is 0.356 bits per heavy atom. The molecule has 0 heterocycles. The Kier molecular flexibility index (Phi) is 57.9. The van der Waals surface area contributed by atoms with E-state index in [1.807, 2.05) is 0 Å². The zero-order valence-electron chi connectivity index (χ0n) is 42.1. The van der Waals surface area contributed by atoms with E-state index in [0.717, 1.165) is 0 Å². The molecule has 0 spiro atoms. The molecule has 0 aliphatic heterocycles. The molecule has 356 valence electrons. The topological polar surface area (TPSA) is 12.0 Å².